The van der Waals surface area contributed by atoms with Crippen LogP contribution in [0.3, 0.4) is 0 Å². The molecule has 166 valence electrons. The maximum Gasteiger partial charge on any atom is 0.279 e. The topological polar surface area (TPSA) is 106 Å². The van der Waals surface area contributed by atoms with Crippen molar-refractivity contribution in [1.29, 1.82) is 0 Å². The van der Waals surface area contributed by atoms with E-state index in [-0.39, 0.29) is 18.7 Å². The average molecular weight is 428 g/mol. The number of anilines is 1. The molecule has 0 aliphatic heterocycles. The lowest BCUT2D eigenvalue weighted by Crippen LogP contribution is -2.47. The minimum absolute atomic E-state index is 0.0231. The summed E-state index contributed by atoms with van der Waals surface area (Å²) in [6.07, 6.45) is 0.0260. The summed E-state index contributed by atoms with van der Waals surface area (Å²) in [5.74, 6) is 0.00301. The zero-order valence-electron chi connectivity index (χ0n) is 18.1. The molecule has 2 aromatic carbocycles. The van der Waals surface area contributed by atoms with Crippen molar-refractivity contribution in [3.8, 4) is 11.5 Å². The van der Waals surface area contributed by atoms with Crippen molar-refractivity contribution in [2.75, 3.05) is 11.9 Å². The van der Waals surface area contributed by atoms with Crippen molar-refractivity contribution in [3.05, 3.63) is 54.1 Å². The molecule has 8 heteroatoms. The molecule has 0 aliphatic carbocycles. The first-order valence-electron chi connectivity index (χ1n) is 10.3. The van der Waals surface area contributed by atoms with Gasteiger partial charge in [-0.1, -0.05) is 19.1 Å². The molecule has 8 nitrogen and oxygen atoms in total. The first-order chi connectivity index (χ1) is 14.9. The van der Waals surface area contributed by atoms with Crippen molar-refractivity contribution in [1.82, 2.24) is 10.9 Å². The Kier molecular flexibility index (Phi) is 9.35. The SMILES string of the molecule is CCOc1ccc(NC(=O)CCC(=O)NNC(=O)[C@H](C)Oc2ccc(CC)cc2)cc1. The Morgan fingerprint density at radius 3 is 2.06 bits per heavy atom. The van der Waals surface area contributed by atoms with Crippen molar-refractivity contribution in [2.45, 2.75) is 46.1 Å². The number of carbonyl (C=O) groups is 3. The molecular weight excluding hydrogens is 398 g/mol. The van der Waals surface area contributed by atoms with E-state index < -0.39 is 17.9 Å². The lowest BCUT2D eigenvalue weighted by atomic mass is 10.2. The molecule has 0 aliphatic rings. The van der Waals surface area contributed by atoms with Crippen molar-refractivity contribution in [3.63, 3.8) is 0 Å². The van der Waals surface area contributed by atoms with Crippen LogP contribution in [-0.2, 0) is 20.8 Å². The number of aryl methyl sites for hydroxylation is 1. The van der Waals surface area contributed by atoms with Crippen LogP contribution in [0.15, 0.2) is 48.5 Å². The van der Waals surface area contributed by atoms with Crippen LogP contribution in [0.2, 0.25) is 0 Å². The van der Waals surface area contributed by atoms with Gasteiger partial charge in [-0.25, -0.2) is 0 Å². The third kappa shape index (κ3) is 8.38. The maximum atomic E-state index is 12.1. The van der Waals surface area contributed by atoms with Crippen molar-refractivity contribution >= 4 is 23.4 Å². The quantitative estimate of drug-likeness (QED) is 0.506. The molecule has 2 aromatic rings. The first-order valence-corrected chi connectivity index (χ1v) is 10.3. The molecule has 0 unspecified atom stereocenters. The maximum absolute atomic E-state index is 12.1. The third-order valence-electron chi connectivity index (χ3n) is 4.37. The molecule has 3 amide bonds. The van der Waals surface area contributed by atoms with Crippen LogP contribution in [0, 0.1) is 0 Å². The zero-order valence-corrected chi connectivity index (χ0v) is 18.1. The molecule has 0 spiro atoms. The molecule has 0 heterocycles. The summed E-state index contributed by atoms with van der Waals surface area (Å²) in [6.45, 7) is 6.09. The van der Waals surface area contributed by atoms with Gasteiger partial charge in [0.15, 0.2) is 6.10 Å². The summed E-state index contributed by atoms with van der Waals surface area (Å²) < 4.78 is 10.9. The molecule has 1 atom stereocenters. The molecule has 31 heavy (non-hydrogen) atoms. The highest BCUT2D eigenvalue weighted by molar-refractivity contribution is 5.93. The van der Waals surface area contributed by atoms with Crippen LogP contribution >= 0.6 is 0 Å². The molecule has 2 rings (SSSR count). The normalized spacial score (nSPS) is 11.2. The van der Waals surface area contributed by atoms with Crippen molar-refractivity contribution < 1.29 is 23.9 Å². The smallest absolute Gasteiger partial charge is 0.279 e. The number of hydrazine groups is 1. The first kappa shape index (κ1) is 23.7. The minimum Gasteiger partial charge on any atom is -0.494 e. The molecule has 3 N–H and O–H groups in total. The highest BCUT2D eigenvalue weighted by atomic mass is 16.5. The van der Waals surface area contributed by atoms with Gasteiger partial charge in [0.25, 0.3) is 5.91 Å². The van der Waals surface area contributed by atoms with Gasteiger partial charge in [0.05, 0.1) is 6.61 Å². The van der Waals surface area contributed by atoms with E-state index in [4.69, 9.17) is 9.47 Å². The number of benzene rings is 2. The Hall–Kier alpha value is -3.55. The average Bonchev–Trinajstić information content (AvgIpc) is 2.78. The van der Waals surface area contributed by atoms with E-state index in [1.165, 1.54) is 5.56 Å². The predicted octanol–water partition coefficient (Wildman–Crippen LogP) is 2.98. The largest absolute Gasteiger partial charge is 0.494 e. The third-order valence-corrected chi connectivity index (χ3v) is 4.37. The number of nitrogens with one attached hydrogen (secondary N) is 3. The molecule has 0 bridgehead atoms. The Morgan fingerprint density at radius 1 is 0.839 bits per heavy atom. The highest BCUT2D eigenvalue weighted by Crippen LogP contribution is 2.16. The molecule has 0 fully saturated rings. The lowest BCUT2D eigenvalue weighted by molar-refractivity contribution is -0.133. The Labute approximate surface area is 182 Å². The fourth-order valence-corrected chi connectivity index (χ4v) is 2.61. The van der Waals surface area contributed by atoms with E-state index in [9.17, 15) is 14.4 Å². The summed E-state index contributed by atoms with van der Waals surface area (Å²) in [5, 5.41) is 2.70. The van der Waals surface area contributed by atoms with Gasteiger partial charge in [-0.05, 0) is 62.2 Å². The van der Waals surface area contributed by atoms with Gasteiger partial charge < -0.3 is 14.8 Å². The number of carbonyl (C=O) groups excluding carboxylic acids is 3. The summed E-state index contributed by atoms with van der Waals surface area (Å²) in [4.78, 5) is 36.0. The van der Waals surface area contributed by atoms with Gasteiger partial charge in [0, 0.05) is 18.5 Å². The second kappa shape index (κ2) is 12.2. The van der Waals surface area contributed by atoms with Gasteiger partial charge in [0.2, 0.25) is 11.8 Å². The molecule has 0 saturated heterocycles. The minimum atomic E-state index is -0.796. The number of ether oxygens (including phenoxy) is 2. The van der Waals surface area contributed by atoms with E-state index in [0.29, 0.717) is 23.8 Å². The van der Waals surface area contributed by atoms with Gasteiger partial charge in [-0.3, -0.25) is 25.2 Å². The lowest BCUT2D eigenvalue weighted by Gasteiger charge is -2.15. The van der Waals surface area contributed by atoms with Gasteiger partial charge in [-0.15, -0.1) is 0 Å². The fourth-order valence-electron chi connectivity index (χ4n) is 2.61. The summed E-state index contributed by atoms with van der Waals surface area (Å²) >= 11 is 0. The van der Waals surface area contributed by atoms with E-state index in [2.05, 4.69) is 23.1 Å². The zero-order chi connectivity index (χ0) is 22.6. The van der Waals surface area contributed by atoms with E-state index >= 15 is 0 Å². The van der Waals surface area contributed by atoms with Crippen LogP contribution in [-0.4, -0.2) is 30.4 Å². The summed E-state index contributed by atoms with van der Waals surface area (Å²) in [6, 6.07) is 14.4. The Morgan fingerprint density at radius 2 is 1.45 bits per heavy atom. The van der Waals surface area contributed by atoms with Crippen LogP contribution in [0.4, 0.5) is 5.69 Å². The Bertz CT molecular complexity index is 866. The molecule has 0 aromatic heterocycles. The van der Waals surface area contributed by atoms with Gasteiger partial charge >= 0.3 is 0 Å². The highest BCUT2D eigenvalue weighted by Gasteiger charge is 2.16. The van der Waals surface area contributed by atoms with Gasteiger partial charge in [-0.2, -0.15) is 0 Å². The van der Waals surface area contributed by atoms with Crippen LogP contribution in [0.1, 0.15) is 39.2 Å². The van der Waals surface area contributed by atoms with Crippen LogP contribution in [0.5, 0.6) is 11.5 Å². The van der Waals surface area contributed by atoms with Gasteiger partial charge in [0.1, 0.15) is 11.5 Å². The standard InChI is InChI=1S/C23H29N3O5/c1-4-17-6-10-20(11-7-17)31-16(3)23(29)26-25-22(28)15-14-21(27)24-18-8-12-19(13-9-18)30-5-2/h6-13,16H,4-5,14-15H2,1-3H3,(H,24,27)(H,25,28)(H,26,29)/t16-/m0/s1. The second-order valence-electron chi connectivity index (χ2n) is 6.80. The van der Waals surface area contributed by atoms with E-state index in [0.717, 1.165) is 6.42 Å². The Balaban J connectivity index is 1.67. The van der Waals surface area contributed by atoms with Crippen LogP contribution < -0.4 is 25.6 Å². The summed E-state index contributed by atoms with van der Waals surface area (Å²) in [7, 11) is 0. The summed E-state index contributed by atoms with van der Waals surface area (Å²) in [5.41, 5.74) is 6.38. The van der Waals surface area contributed by atoms with E-state index in [1.54, 1.807) is 43.3 Å². The molecule has 0 radical (unpaired) electrons. The van der Waals surface area contributed by atoms with Crippen molar-refractivity contribution in [2.24, 2.45) is 0 Å². The monoisotopic (exact) mass is 427 g/mol. The number of hydrogen-bond acceptors (Lipinski definition) is 5. The number of rotatable bonds is 10. The molecular formula is C23H29N3O5. The van der Waals surface area contributed by atoms with E-state index in [1.807, 2.05) is 19.1 Å². The second-order valence-corrected chi connectivity index (χ2v) is 6.80. The van der Waals surface area contributed by atoms with Crippen LogP contribution in [0.25, 0.3) is 0 Å². The fraction of sp³-hybridized carbons (Fsp3) is 0.348. The number of hydrogen-bond donors (Lipinski definition) is 3. The molecule has 0 saturated carbocycles. The number of amides is 3. The predicted molar refractivity (Wildman–Crippen MR) is 118 cm³/mol.